The van der Waals surface area contributed by atoms with Crippen molar-refractivity contribution < 1.29 is 19.0 Å². The Morgan fingerprint density at radius 3 is 2.55 bits per heavy atom. The van der Waals surface area contributed by atoms with Gasteiger partial charge in [0.25, 0.3) is 0 Å². The van der Waals surface area contributed by atoms with Gasteiger partial charge in [-0.05, 0) is 43.7 Å². The fourth-order valence-electron chi connectivity index (χ4n) is 1.78. The molecule has 0 bridgehead atoms. The van der Waals surface area contributed by atoms with Gasteiger partial charge < -0.3 is 14.6 Å². The molecule has 0 aliphatic carbocycles. The van der Waals surface area contributed by atoms with E-state index in [2.05, 4.69) is 0 Å². The second-order valence-electron chi connectivity index (χ2n) is 4.38. The molecular weight excluding hydrogens is 259 g/mol. The Morgan fingerprint density at radius 2 is 1.90 bits per heavy atom. The maximum Gasteiger partial charge on any atom is 0.166 e. The van der Waals surface area contributed by atoms with Crippen LogP contribution in [-0.4, -0.2) is 11.7 Å². The van der Waals surface area contributed by atoms with Crippen LogP contribution in [0.1, 0.15) is 25.5 Å². The number of hydrogen-bond acceptors (Lipinski definition) is 3. The summed E-state index contributed by atoms with van der Waals surface area (Å²) in [6.45, 7) is 4.03. The van der Waals surface area contributed by atoms with Crippen LogP contribution in [0.15, 0.2) is 42.5 Å². The summed E-state index contributed by atoms with van der Waals surface area (Å²) in [5, 5.41) is 9.40. The van der Waals surface area contributed by atoms with Crippen LogP contribution in [0.5, 0.6) is 17.2 Å². The predicted octanol–water partition coefficient (Wildman–Crippen LogP) is 4.07. The molecule has 0 spiro atoms. The van der Waals surface area contributed by atoms with E-state index >= 15 is 0 Å². The molecule has 1 N–H and O–H groups in total. The summed E-state index contributed by atoms with van der Waals surface area (Å²) < 4.78 is 24.7. The lowest BCUT2D eigenvalue weighted by atomic mass is 10.1. The smallest absolute Gasteiger partial charge is 0.166 e. The van der Waals surface area contributed by atoms with Gasteiger partial charge in [0.05, 0.1) is 12.7 Å². The van der Waals surface area contributed by atoms with Gasteiger partial charge in [0.1, 0.15) is 11.5 Å². The number of rotatable bonds is 5. The second-order valence-corrected chi connectivity index (χ2v) is 4.38. The Labute approximate surface area is 117 Å². The number of aliphatic hydroxyl groups excluding tert-OH is 1. The predicted molar refractivity (Wildman–Crippen MR) is 74.7 cm³/mol. The number of halogens is 1. The zero-order chi connectivity index (χ0) is 14.5. The molecule has 2 rings (SSSR count). The third-order valence-corrected chi connectivity index (χ3v) is 2.78. The van der Waals surface area contributed by atoms with Gasteiger partial charge in [0.2, 0.25) is 0 Å². The van der Waals surface area contributed by atoms with Crippen LogP contribution < -0.4 is 9.47 Å². The van der Waals surface area contributed by atoms with Crippen LogP contribution in [-0.2, 0) is 0 Å². The molecule has 0 aliphatic rings. The molecule has 0 heterocycles. The highest BCUT2D eigenvalue weighted by Gasteiger charge is 2.09. The summed E-state index contributed by atoms with van der Waals surface area (Å²) in [6.07, 6.45) is -0.708. The minimum Gasteiger partial charge on any atom is -0.494 e. The minimum absolute atomic E-state index is 0.114. The van der Waals surface area contributed by atoms with Crippen molar-refractivity contribution in [1.82, 2.24) is 0 Å². The number of ether oxygens (including phenoxy) is 2. The number of benzene rings is 2. The number of aliphatic hydroxyl groups is 1. The maximum absolute atomic E-state index is 13.9. The topological polar surface area (TPSA) is 38.7 Å². The van der Waals surface area contributed by atoms with Crippen LogP contribution in [0.4, 0.5) is 4.39 Å². The Bertz CT molecular complexity index is 582. The molecule has 1 atom stereocenters. The van der Waals surface area contributed by atoms with Crippen molar-refractivity contribution in [3.63, 3.8) is 0 Å². The molecule has 0 unspecified atom stereocenters. The van der Waals surface area contributed by atoms with E-state index in [1.807, 2.05) is 13.0 Å². The van der Waals surface area contributed by atoms with Crippen LogP contribution in [0.25, 0.3) is 0 Å². The number of hydrogen-bond donors (Lipinski definition) is 1. The molecule has 0 amide bonds. The fraction of sp³-hybridized carbons (Fsp3) is 0.250. The highest BCUT2D eigenvalue weighted by molar-refractivity contribution is 5.38. The third kappa shape index (κ3) is 3.48. The monoisotopic (exact) mass is 276 g/mol. The third-order valence-electron chi connectivity index (χ3n) is 2.78. The molecule has 2 aromatic carbocycles. The van der Waals surface area contributed by atoms with E-state index < -0.39 is 11.9 Å². The van der Waals surface area contributed by atoms with Crippen molar-refractivity contribution in [2.24, 2.45) is 0 Å². The van der Waals surface area contributed by atoms with E-state index in [1.165, 1.54) is 12.1 Å². The maximum atomic E-state index is 13.9. The fourth-order valence-corrected chi connectivity index (χ4v) is 1.78. The van der Waals surface area contributed by atoms with Crippen molar-refractivity contribution >= 4 is 0 Å². The van der Waals surface area contributed by atoms with E-state index in [0.29, 0.717) is 23.7 Å². The summed E-state index contributed by atoms with van der Waals surface area (Å²) in [6, 6.07) is 11.4. The summed E-state index contributed by atoms with van der Waals surface area (Å²) in [5.74, 6) is 0.777. The minimum atomic E-state index is -0.708. The molecule has 0 radical (unpaired) electrons. The molecule has 0 aliphatic heterocycles. The summed E-state index contributed by atoms with van der Waals surface area (Å²) in [4.78, 5) is 0. The average Bonchev–Trinajstić information content (AvgIpc) is 2.42. The lowest BCUT2D eigenvalue weighted by molar-refractivity contribution is 0.198. The van der Waals surface area contributed by atoms with E-state index in [9.17, 15) is 9.50 Å². The standard InChI is InChI=1S/C16H17FO3/c1-3-19-13-5-4-6-14(10-13)20-16-8-7-12(11(2)18)9-15(16)17/h4-11,18H,3H2,1-2H3/t11-/m0/s1. The first kappa shape index (κ1) is 14.3. The molecule has 0 saturated carbocycles. The van der Waals surface area contributed by atoms with Gasteiger partial charge in [0, 0.05) is 6.07 Å². The zero-order valence-corrected chi connectivity index (χ0v) is 11.5. The van der Waals surface area contributed by atoms with Crippen LogP contribution in [0.3, 0.4) is 0 Å². The summed E-state index contributed by atoms with van der Waals surface area (Å²) >= 11 is 0. The van der Waals surface area contributed by atoms with Crippen LogP contribution >= 0.6 is 0 Å². The van der Waals surface area contributed by atoms with Gasteiger partial charge in [-0.25, -0.2) is 4.39 Å². The average molecular weight is 276 g/mol. The molecular formula is C16H17FO3. The van der Waals surface area contributed by atoms with Gasteiger partial charge in [-0.3, -0.25) is 0 Å². The van der Waals surface area contributed by atoms with Gasteiger partial charge in [-0.1, -0.05) is 12.1 Å². The quantitative estimate of drug-likeness (QED) is 0.894. The molecule has 0 fully saturated rings. The first-order chi connectivity index (χ1) is 9.60. The molecule has 106 valence electrons. The van der Waals surface area contributed by atoms with E-state index in [0.717, 1.165) is 0 Å². The second kappa shape index (κ2) is 6.39. The Morgan fingerprint density at radius 1 is 1.15 bits per heavy atom. The van der Waals surface area contributed by atoms with E-state index in [4.69, 9.17) is 9.47 Å². The molecule has 4 heteroatoms. The van der Waals surface area contributed by atoms with Crippen molar-refractivity contribution in [3.05, 3.63) is 53.8 Å². The molecule has 2 aromatic rings. The Hall–Kier alpha value is -2.07. The van der Waals surface area contributed by atoms with E-state index in [1.54, 1.807) is 31.2 Å². The molecule has 3 nitrogen and oxygen atoms in total. The van der Waals surface area contributed by atoms with Crippen molar-refractivity contribution in [2.75, 3.05) is 6.61 Å². The van der Waals surface area contributed by atoms with Crippen LogP contribution in [0.2, 0.25) is 0 Å². The molecule has 0 aromatic heterocycles. The molecule has 0 saturated heterocycles. The zero-order valence-electron chi connectivity index (χ0n) is 11.5. The van der Waals surface area contributed by atoms with E-state index in [-0.39, 0.29) is 5.75 Å². The van der Waals surface area contributed by atoms with Crippen molar-refractivity contribution in [2.45, 2.75) is 20.0 Å². The van der Waals surface area contributed by atoms with Gasteiger partial charge in [-0.15, -0.1) is 0 Å². The van der Waals surface area contributed by atoms with Crippen LogP contribution in [0, 0.1) is 5.82 Å². The Balaban J connectivity index is 2.19. The van der Waals surface area contributed by atoms with Crippen molar-refractivity contribution in [1.29, 1.82) is 0 Å². The largest absolute Gasteiger partial charge is 0.494 e. The van der Waals surface area contributed by atoms with Crippen molar-refractivity contribution in [3.8, 4) is 17.2 Å². The highest BCUT2D eigenvalue weighted by atomic mass is 19.1. The highest BCUT2D eigenvalue weighted by Crippen LogP contribution is 2.28. The summed E-state index contributed by atoms with van der Waals surface area (Å²) in [5.41, 5.74) is 0.512. The lowest BCUT2D eigenvalue weighted by Gasteiger charge is -2.11. The van der Waals surface area contributed by atoms with Gasteiger partial charge in [0.15, 0.2) is 11.6 Å². The van der Waals surface area contributed by atoms with Gasteiger partial charge in [-0.2, -0.15) is 0 Å². The first-order valence-electron chi connectivity index (χ1n) is 6.48. The Kier molecular flexibility index (Phi) is 4.58. The lowest BCUT2D eigenvalue weighted by Crippen LogP contribution is -1.95. The first-order valence-corrected chi connectivity index (χ1v) is 6.48. The SMILES string of the molecule is CCOc1cccc(Oc2ccc([C@H](C)O)cc2F)c1. The van der Waals surface area contributed by atoms with Gasteiger partial charge >= 0.3 is 0 Å². The normalized spacial score (nSPS) is 12.0. The summed E-state index contributed by atoms with van der Waals surface area (Å²) in [7, 11) is 0. The molecule has 20 heavy (non-hydrogen) atoms.